The number of fused-ring (bicyclic) bond motifs is 1. The number of rotatable bonds is 1. The molecular formula is C14H17BrN2O. The summed E-state index contributed by atoms with van der Waals surface area (Å²) in [7, 11) is 0. The molecule has 1 aromatic carbocycles. The lowest BCUT2D eigenvalue weighted by atomic mass is 9.89. The monoisotopic (exact) mass is 308 g/mol. The van der Waals surface area contributed by atoms with Crippen LogP contribution in [0.1, 0.15) is 32.5 Å². The molecule has 4 heteroatoms. The topological polar surface area (TPSA) is 37.9 Å². The molecule has 1 aliphatic heterocycles. The van der Waals surface area contributed by atoms with Crippen LogP contribution in [-0.2, 0) is 4.74 Å². The van der Waals surface area contributed by atoms with Crippen LogP contribution >= 0.6 is 15.9 Å². The van der Waals surface area contributed by atoms with E-state index in [1.807, 2.05) is 12.1 Å². The Bertz CT molecular complexity index is 580. The molecule has 96 valence electrons. The standard InChI is InChI=1S/C14H17BrN2O/c1-7-8(2)18-9(3)13(7)14-16-11-5-4-10(15)6-12(11)17-14/h4-9,13H,1-3H3,(H,16,17). The van der Waals surface area contributed by atoms with Gasteiger partial charge in [-0.15, -0.1) is 0 Å². The largest absolute Gasteiger partial charge is 0.374 e. The van der Waals surface area contributed by atoms with Crippen molar-refractivity contribution in [1.29, 1.82) is 0 Å². The van der Waals surface area contributed by atoms with E-state index in [0.29, 0.717) is 17.9 Å². The molecule has 3 rings (SSSR count). The lowest BCUT2D eigenvalue weighted by molar-refractivity contribution is 0.0554. The van der Waals surface area contributed by atoms with Crippen LogP contribution in [0.2, 0.25) is 0 Å². The van der Waals surface area contributed by atoms with E-state index in [4.69, 9.17) is 9.72 Å². The molecule has 1 aromatic heterocycles. The Morgan fingerprint density at radius 2 is 2.00 bits per heavy atom. The smallest absolute Gasteiger partial charge is 0.113 e. The predicted octanol–water partition coefficient (Wildman–Crippen LogP) is 3.85. The minimum atomic E-state index is 0.221. The molecule has 0 amide bonds. The molecule has 4 unspecified atom stereocenters. The van der Waals surface area contributed by atoms with Crippen LogP contribution < -0.4 is 0 Å². The minimum Gasteiger partial charge on any atom is -0.374 e. The van der Waals surface area contributed by atoms with Crippen LogP contribution in [0.25, 0.3) is 11.0 Å². The number of ether oxygens (including phenoxy) is 1. The van der Waals surface area contributed by atoms with Gasteiger partial charge in [-0.2, -0.15) is 0 Å². The second-order valence-electron chi connectivity index (χ2n) is 5.21. The number of halogens is 1. The van der Waals surface area contributed by atoms with Crippen molar-refractivity contribution in [3.05, 3.63) is 28.5 Å². The number of hydrogen-bond acceptors (Lipinski definition) is 2. The number of H-pyrrole nitrogens is 1. The summed E-state index contributed by atoms with van der Waals surface area (Å²) < 4.78 is 6.96. The Balaban J connectivity index is 2.04. The predicted molar refractivity (Wildman–Crippen MR) is 75.7 cm³/mol. The van der Waals surface area contributed by atoms with Crippen molar-refractivity contribution >= 4 is 27.0 Å². The summed E-state index contributed by atoms with van der Waals surface area (Å²) in [6.45, 7) is 6.51. The maximum Gasteiger partial charge on any atom is 0.113 e. The van der Waals surface area contributed by atoms with Gasteiger partial charge in [0.25, 0.3) is 0 Å². The zero-order valence-electron chi connectivity index (χ0n) is 10.8. The normalized spacial score (nSPS) is 32.2. The van der Waals surface area contributed by atoms with E-state index in [2.05, 4.69) is 47.8 Å². The van der Waals surface area contributed by atoms with E-state index in [1.165, 1.54) is 0 Å². The number of benzene rings is 1. The Labute approximate surface area is 115 Å². The van der Waals surface area contributed by atoms with E-state index in [-0.39, 0.29) is 6.10 Å². The molecule has 2 heterocycles. The number of aromatic amines is 1. The van der Waals surface area contributed by atoms with Crippen LogP contribution in [-0.4, -0.2) is 22.2 Å². The Hall–Kier alpha value is -0.870. The fraction of sp³-hybridized carbons (Fsp3) is 0.500. The van der Waals surface area contributed by atoms with E-state index < -0.39 is 0 Å². The molecule has 3 nitrogen and oxygen atoms in total. The number of aromatic nitrogens is 2. The Morgan fingerprint density at radius 1 is 1.22 bits per heavy atom. The van der Waals surface area contributed by atoms with Gasteiger partial charge in [0.2, 0.25) is 0 Å². The van der Waals surface area contributed by atoms with E-state index >= 15 is 0 Å². The maximum absolute atomic E-state index is 5.89. The molecule has 0 aliphatic carbocycles. The Kier molecular flexibility index (Phi) is 2.94. The molecule has 1 N–H and O–H groups in total. The number of nitrogens with one attached hydrogen (secondary N) is 1. The minimum absolute atomic E-state index is 0.221. The van der Waals surface area contributed by atoms with Gasteiger partial charge in [-0.05, 0) is 38.0 Å². The van der Waals surface area contributed by atoms with Crippen LogP contribution in [0, 0.1) is 5.92 Å². The molecule has 0 saturated carbocycles. The van der Waals surface area contributed by atoms with Crippen LogP contribution in [0.4, 0.5) is 0 Å². The van der Waals surface area contributed by atoms with Crippen molar-refractivity contribution in [2.75, 3.05) is 0 Å². The molecule has 18 heavy (non-hydrogen) atoms. The molecule has 2 aromatic rings. The number of nitrogens with zero attached hydrogens (tertiary/aromatic N) is 1. The average Bonchev–Trinajstić information content (AvgIpc) is 2.80. The highest BCUT2D eigenvalue weighted by Gasteiger charge is 2.39. The van der Waals surface area contributed by atoms with Gasteiger partial charge in [0.1, 0.15) is 5.82 Å². The van der Waals surface area contributed by atoms with Crippen molar-refractivity contribution < 1.29 is 4.74 Å². The molecule has 4 atom stereocenters. The summed E-state index contributed by atoms with van der Waals surface area (Å²) in [5.74, 6) is 1.89. The van der Waals surface area contributed by atoms with Gasteiger partial charge in [-0.1, -0.05) is 22.9 Å². The second-order valence-corrected chi connectivity index (χ2v) is 6.13. The lowest BCUT2D eigenvalue weighted by Crippen LogP contribution is -2.16. The molecular weight excluding hydrogens is 292 g/mol. The highest BCUT2D eigenvalue weighted by molar-refractivity contribution is 9.10. The van der Waals surface area contributed by atoms with Crippen molar-refractivity contribution in [3.63, 3.8) is 0 Å². The first-order chi connectivity index (χ1) is 8.56. The highest BCUT2D eigenvalue weighted by Crippen LogP contribution is 2.39. The quantitative estimate of drug-likeness (QED) is 0.869. The summed E-state index contributed by atoms with van der Waals surface area (Å²) >= 11 is 3.49. The van der Waals surface area contributed by atoms with E-state index in [0.717, 1.165) is 21.3 Å². The summed E-state index contributed by atoms with van der Waals surface area (Å²) in [6.07, 6.45) is 0.518. The maximum atomic E-state index is 5.89. The fourth-order valence-electron chi connectivity index (χ4n) is 2.90. The summed E-state index contributed by atoms with van der Waals surface area (Å²) in [4.78, 5) is 8.15. The van der Waals surface area contributed by atoms with Crippen molar-refractivity contribution in [2.24, 2.45) is 5.92 Å². The van der Waals surface area contributed by atoms with E-state index in [9.17, 15) is 0 Å². The zero-order valence-corrected chi connectivity index (χ0v) is 12.4. The molecule has 1 fully saturated rings. The van der Waals surface area contributed by atoms with Gasteiger partial charge in [0.15, 0.2) is 0 Å². The molecule has 0 spiro atoms. The summed E-state index contributed by atoms with van der Waals surface area (Å²) in [5.41, 5.74) is 2.10. The van der Waals surface area contributed by atoms with Crippen molar-refractivity contribution in [1.82, 2.24) is 9.97 Å². The van der Waals surface area contributed by atoms with Crippen molar-refractivity contribution in [3.8, 4) is 0 Å². The zero-order chi connectivity index (χ0) is 12.9. The number of hydrogen-bond donors (Lipinski definition) is 1. The average molecular weight is 309 g/mol. The van der Waals surface area contributed by atoms with Crippen LogP contribution in [0.3, 0.4) is 0 Å². The third kappa shape index (κ3) is 1.88. The van der Waals surface area contributed by atoms with Gasteiger partial charge >= 0.3 is 0 Å². The van der Waals surface area contributed by atoms with E-state index in [1.54, 1.807) is 0 Å². The molecule has 0 bridgehead atoms. The van der Waals surface area contributed by atoms with Crippen molar-refractivity contribution in [2.45, 2.75) is 38.9 Å². The first kappa shape index (κ1) is 12.2. The van der Waals surface area contributed by atoms with Crippen LogP contribution in [0.5, 0.6) is 0 Å². The molecule has 0 radical (unpaired) electrons. The van der Waals surface area contributed by atoms with Gasteiger partial charge in [0.05, 0.1) is 23.2 Å². The summed E-state index contributed by atoms with van der Waals surface area (Å²) in [5, 5.41) is 0. The summed E-state index contributed by atoms with van der Waals surface area (Å²) in [6, 6.07) is 6.13. The SMILES string of the molecule is CC1OC(C)C(c2nc3ccc(Br)cc3[nH]2)C1C. The third-order valence-corrected chi connectivity index (χ3v) is 4.51. The van der Waals surface area contributed by atoms with Gasteiger partial charge in [0, 0.05) is 10.4 Å². The molecule has 1 saturated heterocycles. The van der Waals surface area contributed by atoms with Gasteiger partial charge in [-0.25, -0.2) is 4.98 Å². The first-order valence-corrected chi connectivity index (χ1v) is 7.16. The van der Waals surface area contributed by atoms with Gasteiger partial charge < -0.3 is 9.72 Å². The Morgan fingerprint density at radius 3 is 2.67 bits per heavy atom. The second kappa shape index (κ2) is 4.35. The highest BCUT2D eigenvalue weighted by atomic mass is 79.9. The third-order valence-electron chi connectivity index (χ3n) is 4.02. The molecule has 1 aliphatic rings. The number of imidazole rings is 1. The van der Waals surface area contributed by atoms with Crippen LogP contribution in [0.15, 0.2) is 22.7 Å². The van der Waals surface area contributed by atoms with Gasteiger partial charge in [-0.3, -0.25) is 0 Å². The first-order valence-electron chi connectivity index (χ1n) is 6.37. The fourth-order valence-corrected chi connectivity index (χ4v) is 3.26. The lowest BCUT2D eigenvalue weighted by Gasteiger charge is -2.15.